The SMILES string of the molecule is Cc1ncc([N+](=O)[O-])n1CCCn1c([N+](=O)[O-])cnc1C. The summed E-state index contributed by atoms with van der Waals surface area (Å²) < 4.78 is 2.97. The van der Waals surface area contributed by atoms with E-state index in [1.807, 2.05) is 0 Å². The van der Waals surface area contributed by atoms with Crippen molar-refractivity contribution < 1.29 is 9.85 Å². The van der Waals surface area contributed by atoms with E-state index < -0.39 is 9.85 Å². The van der Waals surface area contributed by atoms with Crippen LogP contribution in [0.5, 0.6) is 0 Å². The zero-order valence-electron chi connectivity index (χ0n) is 11.6. The molecule has 0 aliphatic rings. The number of nitrogens with zero attached hydrogens (tertiary/aromatic N) is 6. The van der Waals surface area contributed by atoms with Crippen LogP contribution >= 0.6 is 0 Å². The summed E-state index contributed by atoms with van der Waals surface area (Å²) in [7, 11) is 0. The van der Waals surface area contributed by atoms with Crippen LogP contribution in [0.25, 0.3) is 0 Å². The van der Waals surface area contributed by atoms with Crippen LogP contribution in [-0.2, 0) is 13.1 Å². The van der Waals surface area contributed by atoms with Crippen molar-refractivity contribution in [2.24, 2.45) is 0 Å². The first-order valence-electron chi connectivity index (χ1n) is 6.25. The zero-order valence-corrected chi connectivity index (χ0v) is 11.6. The van der Waals surface area contributed by atoms with Gasteiger partial charge in [0.1, 0.15) is 12.4 Å². The van der Waals surface area contributed by atoms with Gasteiger partial charge in [-0.15, -0.1) is 0 Å². The third-order valence-corrected chi connectivity index (χ3v) is 3.21. The van der Waals surface area contributed by atoms with E-state index in [1.54, 1.807) is 13.8 Å². The Morgan fingerprint density at radius 3 is 1.67 bits per heavy atom. The Bertz CT molecular complexity index is 631. The van der Waals surface area contributed by atoms with Gasteiger partial charge in [-0.2, -0.15) is 0 Å². The van der Waals surface area contributed by atoms with E-state index in [4.69, 9.17) is 0 Å². The highest BCUT2D eigenvalue weighted by atomic mass is 16.6. The van der Waals surface area contributed by atoms with Gasteiger partial charge < -0.3 is 20.2 Å². The number of rotatable bonds is 6. The van der Waals surface area contributed by atoms with Crippen LogP contribution < -0.4 is 0 Å². The highest BCUT2D eigenvalue weighted by Gasteiger charge is 2.20. The molecule has 2 aromatic heterocycles. The van der Waals surface area contributed by atoms with E-state index in [0.29, 0.717) is 31.2 Å². The lowest BCUT2D eigenvalue weighted by Gasteiger charge is -2.04. The van der Waals surface area contributed by atoms with Crippen molar-refractivity contribution in [3.63, 3.8) is 0 Å². The van der Waals surface area contributed by atoms with Crippen LogP contribution in [0.1, 0.15) is 18.1 Å². The number of nitro groups is 2. The molecule has 2 heterocycles. The zero-order chi connectivity index (χ0) is 15.6. The van der Waals surface area contributed by atoms with Crippen LogP contribution in [0.15, 0.2) is 12.4 Å². The molecule has 2 rings (SSSR count). The smallest absolute Gasteiger partial charge is 0.342 e. The summed E-state index contributed by atoms with van der Waals surface area (Å²) >= 11 is 0. The topological polar surface area (TPSA) is 122 Å². The molecular weight excluding hydrogens is 280 g/mol. The molecule has 112 valence electrons. The third-order valence-electron chi connectivity index (χ3n) is 3.21. The van der Waals surface area contributed by atoms with Gasteiger partial charge in [0.05, 0.1) is 13.1 Å². The maximum absolute atomic E-state index is 10.9. The van der Waals surface area contributed by atoms with E-state index in [1.165, 1.54) is 21.5 Å². The van der Waals surface area contributed by atoms with E-state index in [2.05, 4.69) is 9.97 Å². The predicted octanol–water partition coefficient (Wildman–Crippen LogP) is 1.60. The molecule has 10 nitrogen and oxygen atoms in total. The quantitative estimate of drug-likeness (QED) is 0.589. The number of hydrogen-bond acceptors (Lipinski definition) is 6. The number of aromatic nitrogens is 4. The van der Waals surface area contributed by atoms with Gasteiger partial charge in [-0.25, -0.2) is 19.1 Å². The molecule has 10 heteroatoms. The summed E-state index contributed by atoms with van der Waals surface area (Å²) in [6.07, 6.45) is 2.91. The Morgan fingerprint density at radius 1 is 0.952 bits per heavy atom. The average molecular weight is 294 g/mol. The standard InChI is InChI=1S/C11H14N6O4/c1-8-12-6-10(16(18)19)14(8)4-3-5-15-9(2)13-7-11(15)17(20)21/h6-7H,3-5H2,1-2H3. The Kier molecular flexibility index (Phi) is 3.96. The molecule has 0 N–H and O–H groups in total. The molecule has 0 radical (unpaired) electrons. The minimum absolute atomic E-state index is 0.0793. The fourth-order valence-electron chi connectivity index (χ4n) is 2.14. The van der Waals surface area contributed by atoms with Crippen molar-refractivity contribution in [1.29, 1.82) is 0 Å². The number of imidazole rings is 2. The molecule has 0 spiro atoms. The fourth-order valence-corrected chi connectivity index (χ4v) is 2.14. The monoisotopic (exact) mass is 294 g/mol. The molecule has 0 saturated carbocycles. The lowest BCUT2D eigenvalue weighted by molar-refractivity contribution is -0.392. The van der Waals surface area contributed by atoms with E-state index >= 15 is 0 Å². The maximum Gasteiger partial charge on any atom is 0.342 e. The van der Waals surface area contributed by atoms with Gasteiger partial charge in [-0.05, 0) is 9.85 Å². The van der Waals surface area contributed by atoms with Gasteiger partial charge in [-0.1, -0.05) is 0 Å². The van der Waals surface area contributed by atoms with Crippen molar-refractivity contribution in [3.05, 3.63) is 44.3 Å². The molecule has 2 aromatic rings. The summed E-state index contributed by atoms with van der Waals surface area (Å²) in [4.78, 5) is 28.6. The third kappa shape index (κ3) is 2.88. The Labute approximate surface area is 119 Å². The molecule has 0 atom stereocenters. The molecule has 0 saturated heterocycles. The molecule has 0 unspecified atom stereocenters. The first-order chi connectivity index (χ1) is 9.91. The molecule has 0 aromatic carbocycles. The van der Waals surface area contributed by atoms with Crippen molar-refractivity contribution in [3.8, 4) is 0 Å². The van der Waals surface area contributed by atoms with E-state index in [0.717, 1.165) is 0 Å². The van der Waals surface area contributed by atoms with Crippen molar-refractivity contribution in [2.75, 3.05) is 0 Å². The van der Waals surface area contributed by atoms with Gasteiger partial charge in [0.2, 0.25) is 0 Å². The highest BCUT2D eigenvalue weighted by molar-refractivity contribution is 5.19. The van der Waals surface area contributed by atoms with Gasteiger partial charge in [-0.3, -0.25) is 0 Å². The van der Waals surface area contributed by atoms with E-state index in [-0.39, 0.29) is 11.6 Å². The van der Waals surface area contributed by atoms with Crippen LogP contribution in [0.4, 0.5) is 11.6 Å². The lowest BCUT2D eigenvalue weighted by atomic mass is 10.4. The first-order valence-corrected chi connectivity index (χ1v) is 6.25. The second kappa shape index (κ2) is 5.69. The molecule has 0 amide bonds. The molecule has 21 heavy (non-hydrogen) atoms. The molecule has 0 bridgehead atoms. The maximum atomic E-state index is 10.9. The second-order valence-electron chi connectivity index (χ2n) is 4.50. The van der Waals surface area contributed by atoms with Crippen molar-refractivity contribution in [1.82, 2.24) is 19.1 Å². The largest absolute Gasteiger partial charge is 0.358 e. The minimum Gasteiger partial charge on any atom is -0.358 e. The van der Waals surface area contributed by atoms with Crippen LogP contribution in [-0.4, -0.2) is 28.9 Å². The number of hydrogen-bond donors (Lipinski definition) is 0. The molecular formula is C11H14N6O4. The summed E-state index contributed by atoms with van der Waals surface area (Å²) in [6.45, 7) is 4.07. The minimum atomic E-state index is -0.495. The van der Waals surface area contributed by atoms with Gasteiger partial charge in [0, 0.05) is 20.3 Å². The van der Waals surface area contributed by atoms with E-state index in [9.17, 15) is 20.2 Å². The molecule has 0 fully saturated rings. The second-order valence-corrected chi connectivity index (χ2v) is 4.50. The number of aryl methyl sites for hydroxylation is 2. The predicted molar refractivity (Wildman–Crippen MR) is 71.9 cm³/mol. The average Bonchev–Trinajstić information content (AvgIpc) is 2.95. The van der Waals surface area contributed by atoms with Gasteiger partial charge in [0.25, 0.3) is 0 Å². The van der Waals surface area contributed by atoms with Crippen LogP contribution in [0.3, 0.4) is 0 Å². The fraction of sp³-hybridized carbons (Fsp3) is 0.455. The summed E-state index contributed by atoms with van der Waals surface area (Å²) in [5.74, 6) is 0.922. The Hall–Kier alpha value is -2.78. The first kappa shape index (κ1) is 14.6. The molecule has 0 aliphatic carbocycles. The van der Waals surface area contributed by atoms with Crippen LogP contribution in [0.2, 0.25) is 0 Å². The highest BCUT2D eigenvalue weighted by Crippen LogP contribution is 2.17. The van der Waals surface area contributed by atoms with Gasteiger partial charge >= 0.3 is 11.6 Å². The summed E-state index contributed by atoms with van der Waals surface area (Å²) in [6, 6.07) is 0. The molecule has 0 aliphatic heterocycles. The van der Waals surface area contributed by atoms with Gasteiger partial charge in [0.15, 0.2) is 11.6 Å². The normalized spacial score (nSPS) is 10.8. The van der Waals surface area contributed by atoms with Crippen molar-refractivity contribution >= 4 is 11.6 Å². The summed E-state index contributed by atoms with van der Waals surface area (Å²) in [5, 5.41) is 21.7. The van der Waals surface area contributed by atoms with Crippen LogP contribution in [0, 0.1) is 34.1 Å². The lowest BCUT2D eigenvalue weighted by Crippen LogP contribution is -2.10. The Balaban J connectivity index is 2.09. The van der Waals surface area contributed by atoms with Crippen molar-refractivity contribution in [2.45, 2.75) is 33.4 Å². The Morgan fingerprint density at radius 2 is 1.33 bits per heavy atom. The summed E-state index contributed by atoms with van der Waals surface area (Å²) in [5.41, 5.74) is 0.